The lowest BCUT2D eigenvalue weighted by atomic mass is 10.3. The Balaban J connectivity index is 5.15. The van der Waals surface area contributed by atoms with Crippen LogP contribution in [0.15, 0.2) is 0 Å². The zero-order chi connectivity index (χ0) is 18.1. The summed E-state index contributed by atoms with van der Waals surface area (Å²) >= 11 is 0. The van der Waals surface area contributed by atoms with Crippen molar-refractivity contribution < 1.29 is 66.6 Å². The van der Waals surface area contributed by atoms with Gasteiger partial charge in [0.2, 0.25) is 0 Å². The molecule has 0 aliphatic heterocycles. The first-order valence-electron chi connectivity index (χ1n) is 4.44. The van der Waals surface area contributed by atoms with E-state index in [1.165, 1.54) is 0 Å². The van der Waals surface area contributed by atoms with E-state index in [0.717, 1.165) is 0 Å². The fraction of sp³-hybridized carbons (Fsp3) is 1.00. The molecule has 0 fully saturated rings. The first kappa shape index (κ1) is 21.5. The molecule has 0 aromatic carbocycles. The van der Waals surface area contributed by atoms with Crippen molar-refractivity contribution in [1.82, 2.24) is 0 Å². The van der Waals surface area contributed by atoms with Gasteiger partial charge in [-0.1, -0.05) is 0 Å². The lowest BCUT2D eigenvalue weighted by Crippen LogP contribution is -2.46. The van der Waals surface area contributed by atoms with Crippen LogP contribution in [-0.4, -0.2) is 36.9 Å². The largest absolute Gasteiger partial charge is 0.786 e. The molecule has 0 heterocycles. The molecule has 0 unspecified atom stereocenters. The van der Waals surface area contributed by atoms with Gasteiger partial charge < -0.3 is 13.9 Å². The molecule has 0 rings (SSSR count). The predicted octanol–water partition coefficient (Wildman–Crippen LogP) is 3.59. The second kappa shape index (κ2) is 6.53. The Morgan fingerprint density at radius 2 is 0.727 bits per heavy atom. The summed E-state index contributed by atoms with van der Waals surface area (Å²) in [5.74, 6) is 0. The van der Waals surface area contributed by atoms with Crippen LogP contribution in [0.2, 0.25) is 0 Å². The van der Waals surface area contributed by atoms with Crippen molar-refractivity contribution in [3.63, 3.8) is 0 Å². The maximum atomic E-state index is 11.9. The van der Waals surface area contributed by atoms with Crippen molar-refractivity contribution >= 4 is 8.60 Å². The van der Waals surface area contributed by atoms with E-state index in [9.17, 15) is 57.6 Å². The minimum atomic E-state index is -6.29. The van der Waals surface area contributed by atoms with Crippen LogP contribution in [-0.2, 0) is 9.05 Å². The van der Waals surface area contributed by atoms with E-state index in [1.54, 1.807) is 0 Å². The molecule has 3 nitrogen and oxygen atoms in total. The van der Waals surface area contributed by atoms with Crippen molar-refractivity contribution in [3.8, 4) is 0 Å². The molecule has 0 aliphatic carbocycles. The maximum Gasteiger partial charge on any atom is 0.424 e. The zero-order valence-electron chi connectivity index (χ0n) is 9.36. The van der Waals surface area contributed by atoms with Crippen LogP contribution in [0.1, 0.15) is 0 Å². The molecule has 0 radical (unpaired) electrons. The topological polar surface area (TPSA) is 41.5 Å². The minimum Gasteiger partial charge on any atom is -0.786 e. The van der Waals surface area contributed by atoms with Gasteiger partial charge in [0, 0.05) is 0 Å². The van der Waals surface area contributed by atoms with Gasteiger partial charge in [-0.05, 0) is 0 Å². The third-order valence-corrected chi connectivity index (χ3v) is 2.34. The van der Waals surface area contributed by atoms with E-state index in [2.05, 4.69) is 9.05 Å². The van der Waals surface area contributed by atoms with Crippen LogP contribution in [0, 0.1) is 0 Å². The van der Waals surface area contributed by atoms with Crippen molar-refractivity contribution in [2.45, 2.75) is 36.9 Å². The Labute approximate surface area is 113 Å². The van der Waals surface area contributed by atoms with Gasteiger partial charge in [0.05, 0.1) is 8.60 Å². The predicted molar refractivity (Wildman–Crippen MR) is 40.9 cm³/mol. The van der Waals surface area contributed by atoms with Crippen molar-refractivity contribution in [1.29, 1.82) is 0 Å². The van der Waals surface area contributed by atoms with E-state index in [0.29, 0.717) is 0 Å². The molecule has 134 valence electrons. The molecule has 0 aromatic heterocycles. The van der Waals surface area contributed by atoms with Crippen LogP contribution >= 0.6 is 8.60 Å². The molecule has 0 aliphatic rings. The van der Waals surface area contributed by atoms with E-state index in [-0.39, 0.29) is 0 Å². The highest BCUT2D eigenvalue weighted by Gasteiger charge is 2.61. The van der Waals surface area contributed by atoms with Crippen LogP contribution in [0.4, 0.5) is 52.7 Å². The number of rotatable bonds is 4. The quantitative estimate of drug-likeness (QED) is 0.552. The molecule has 22 heavy (non-hydrogen) atoms. The highest BCUT2D eigenvalue weighted by molar-refractivity contribution is 7.39. The van der Waals surface area contributed by atoms with Gasteiger partial charge in [-0.3, -0.25) is 0 Å². The number of hydrogen-bond donors (Lipinski definition) is 0. The van der Waals surface area contributed by atoms with Crippen LogP contribution in [0.5, 0.6) is 0 Å². The maximum absolute atomic E-state index is 11.9. The zero-order valence-corrected chi connectivity index (χ0v) is 10.3. The molecular weight excluding hydrogens is 379 g/mol. The van der Waals surface area contributed by atoms with Crippen molar-refractivity contribution in [2.75, 3.05) is 0 Å². The molecule has 0 saturated carbocycles. The Bertz CT molecular complexity index is 294. The molecule has 16 heteroatoms. The van der Waals surface area contributed by atoms with Gasteiger partial charge in [0.1, 0.15) is 0 Å². The molecular formula is C6H2F12O3P-. The van der Waals surface area contributed by atoms with E-state index >= 15 is 0 Å². The molecule has 0 atom stereocenters. The molecule has 0 saturated heterocycles. The van der Waals surface area contributed by atoms with Crippen molar-refractivity contribution in [2.24, 2.45) is 0 Å². The summed E-state index contributed by atoms with van der Waals surface area (Å²) in [4.78, 5) is 10.6. The molecule has 0 aromatic rings. The van der Waals surface area contributed by atoms with Gasteiger partial charge in [0.25, 0.3) is 12.2 Å². The summed E-state index contributed by atoms with van der Waals surface area (Å²) in [5, 5.41) is 0. The summed E-state index contributed by atoms with van der Waals surface area (Å²) in [5.41, 5.74) is 0. The van der Waals surface area contributed by atoms with Gasteiger partial charge in [-0.25, -0.2) is 0 Å². The lowest BCUT2D eigenvalue weighted by Gasteiger charge is -2.33. The normalized spacial score (nSPS) is 15.3. The summed E-state index contributed by atoms with van der Waals surface area (Å²) < 4.78 is 148. The number of hydrogen-bond acceptors (Lipinski definition) is 3. The molecule has 0 N–H and O–H groups in total. The smallest absolute Gasteiger partial charge is 0.424 e. The monoisotopic (exact) mass is 381 g/mol. The van der Waals surface area contributed by atoms with Gasteiger partial charge in [-0.2, -0.15) is 52.7 Å². The summed E-state index contributed by atoms with van der Waals surface area (Å²) in [6, 6.07) is 0. The fourth-order valence-corrected chi connectivity index (χ4v) is 1.68. The standard InChI is InChI=1S/C6H2F12O3P/c7-3(8,9)1(4(10,11)12)20-22(19)21-2(5(13,14)15)6(16,17)18/h1-2H/q-1. The first-order chi connectivity index (χ1) is 9.37. The third-order valence-electron chi connectivity index (χ3n) is 1.57. The third kappa shape index (κ3) is 6.71. The Morgan fingerprint density at radius 3 is 0.864 bits per heavy atom. The molecule has 0 amide bonds. The summed E-state index contributed by atoms with van der Waals surface area (Å²) in [7, 11) is -5.05. The second-order valence-electron chi connectivity index (χ2n) is 3.36. The van der Waals surface area contributed by atoms with Crippen LogP contribution in [0.3, 0.4) is 0 Å². The SMILES string of the molecule is [O-]P(OC(C(F)(F)F)C(F)(F)F)OC(C(F)(F)F)C(F)(F)F. The Hall–Kier alpha value is -0.530. The van der Waals surface area contributed by atoms with Crippen LogP contribution < -0.4 is 4.89 Å². The van der Waals surface area contributed by atoms with Gasteiger partial charge in [0.15, 0.2) is 0 Å². The van der Waals surface area contributed by atoms with Gasteiger partial charge in [-0.15, -0.1) is 0 Å². The number of alkyl halides is 12. The average Bonchev–Trinajstić information content (AvgIpc) is 2.15. The summed E-state index contributed by atoms with van der Waals surface area (Å²) in [6.45, 7) is 0. The lowest BCUT2D eigenvalue weighted by molar-refractivity contribution is -0.335. The van der Waals surface area contributed by atoms with Crippen molar-refractivity contribution in [3.05, 3.63) is 0 Å². The first-order valence-corrected chi connectivity index (χ1v) is 5.54. The fourth-order valence-electron chi connectivity index (χ4n) is 0.807. The van der Waals surface area contributed by atoms with E-state index in [1.807, 2.05) is 0 Å². The second-order valence-corrected chi connectivity index (χ2v) is 4.23. The van der Waals surface area contributed by atoms with E-state index < -0.39 is 45.5 Å². The van der Waals surface area contributed by atoms with Gasteiger partial charge >= 0.3 is 24.7 Å². The summed E-state index contributed by atoms with van der Waals surface area (Å²) in [6.07, 6.45) is -34.9. The van der Waals surface area contributed by atoms with Crippen LogP contribution in [0.25, 0.3) is 0 Å². The average molecular weight is 381 g/mol. The highest BCUT2D eigenvalue weighted by atomic mass is 31.2. The Kier molecular flexibility index (Phi) is 6.37. The molecule has 0 spiro atoms. The number of halogens is 12. The molecule has 0 bridgehead atoms. The highest BCUT2D eigenvalue weighted by Crippen LogP contribution is 2.47. The Morgan fingerprint density at radius 1 is 0.545 bits per heavy atom. The van der Waals surface area contributed by atoms with E-state index in [4.69, 9.17) is 0 Å². The minimum absolute atomic E-state index is 2.64.